The van der Waals surface area contributed by atoms with E-state index in [0.29, 0.717) is 6.42 Å². The van der Waals surface area contributed by atoms with Crippen molar-refractivity contribution in [2.24, 2.45) is 0 Å². The van der Waals surface area contributed by atoms with Gasteiger partial charge in [-0.2, -0.15) is 8.78 Å². The van der Waals surface area contributed by atoms with Gasteiger partial charge in [0.25, 0.3) is 5.92 Å². The number of allylic oxidation sites excluding steroid dienone is 1. The van der Waals surface area contributed by atoms with Crippen molar-refractivity contribution in [3.8, 4) is 0 Å². The number of hydrogen-bond donors (Lipinski definition) is 1. The fraction of sp³-hybridized carbons (Fsp3) is 0.385. The molecular formula is C13H16F2O. The highest BCUT2D eigenvalue weighted by Gasteiger charge is 2.31. The average molecular weight is 226 g/mol. The zero-order chi connectivity index (χ0) is 12.0. The number of rotatable bonds is 5. The smallest absolute Gasteiger partial charge is 0.291 e. The van der Waals surface area contributed by atoms with Crippen molar-refractivity contribution < 1.29 is 13.9 Å². The van der Waals surface area contributed by atoms with Gasteiger partial charge in [-0.15, -0.1) is 0 Å². The maximum atomic E-state index is 12.9. The summed E-state index contributed by atoms with van der Waals surface area (Å²) in [6.45, 7) is 1.08. The molecule has 1 aromatic carbocycles. The van der Waals surface area contributed by atoms with Gasteiger partial charge in [0.2, 0.25) is 0 Å². The summed E-state index contributed by atoms with van der Waals surface area (Å²) in [6.07, 6.45) is 1.83. The van der Waals surface area contributed by atoms with Gasteiger partial charge in [0.05, 0.1) is 0 Å². The molecule has 16 heavy (non-hydrogen) atoms. The van der Waals surface area contributed by atoms with Crippen LogP contribution in [0.2, 0.25) is 0 Å². The van der Waals surface area contributed by atoms with Gasteiger partial charge in [0.1, 0.15) is 6.10 Å². The monoisotopic (exact) mass is 226 g/mol. The lowest BCUT2D eigenvalue weighted by Gasteiger charge is -2.14. The van der Waals surface area contributed by atoms with Crippen LogP contribution in [0, 0.1) is 0 Å². The van der Waals surface area contributed by atoms with Crippen LogP contribution in [0.15, 0.2) is 42.5 Å². The van der Waals surface area contributed by atoms with Crippen molar-refractivity contribution in [2.45, 2.75) is 31.8 Å². The van der Waals surface area contributed by atoms with E-state index >= 15 is 0 Å². The van der Waals surface area contributed by atoms with Crippen molar-refractivity contribution in [2.75, 3.05) is 0 Å². The van der Waals surface area contributed by atoms with Gasteiger partial charge in [-0.05, 0) is 31.4 Å². The molecule has 1 rings (SSSR count). The normalized spacial score (nSPS) is 14.2. The molecule has 0 fully saturated rings. The summed E-state index contributed by atoms with van der Waals surface area (Å²) in [6, 6.07) is 9.68. The first-order valence-electron chi connectivity index (χ1n) is 5.30. The molecule has 0 aliphatic carbocycles. The Hall–Kier alpha value is -1.22. The molecular weight excluding hydrogens is 210 g/mol. The minimum atomic E-state index is -3.13. The molecule has 0 aromatic heterocycles. The van der Waals surface area contributed by atoms with Crippen LogP contribution in [0.4, 0.5) is 8.78 Å². The van der Waals surface area contributed by atoms with E-state index in [1.807, 2.05) is 30.3 Å². The van der Waals surface area contributed by atoms with E-state index in [9.17, 15) is 8.78 Å². The Labute approximate surface area is 94.4 Å². The Morgan fingerprint density at radius 3 is 2.50 bits per heavy atom. The summed E-state index contributed by atoms with van der Waals surface area (Å²) in [5.74, 6) is -3.13. The van der Waals surface area contributed by atoms with E-state index < -0.39 is 12.0 Å². The Bertz CT molecular complexity index is 331. The predicted molar refractivity (Wildman–Crippen MR) is 60.5 cm³/mol. The van der Waals surface area contributed by atoms with E-state index in [4.69, 9.17) is 5.11 Å². The zero-order valence-electron chi connectivity index (χ0n) is 9.24. The van der Waals surface area contributed by atoms with Gasteiger partial charge >= 0.3 is 0 Å². The van der Waals surface area contributed by atoms with E-state index in [1.165, 1.54) is 6.08 Å². The molecule has 0 aliphatic heterocycles. The third kappa shape index (κ3) is 4.11. The van der Waals surface area contributed by atoms with Gasteiger partial charge < -0.3 is 5.11 Å². The van der Waals surface area contributed by atoms with Gasteiger partial charge in [0.15, 0.2) is 0 Å². The lowest BCUT2D eigenvalue weighted by molar-refractivity contribution is -0.0596. The van der Waals surface area contributed by atoms with Crippen molar-refractivity contribution in [3.05, 3.63) is 48.0 Å². The highest BCUT2D eigenvalue weighted by molar-refractivity contribution is 5.15. The molecule has 0 saturated heterocycles. The van der Waals surface area contributed by atoms with Crippen molar-refractivity contribution in [1.82, 2.24) is 0 Å². The predicted octanol–water partition coefficient (Wildman–Crippen LogP) is 3.19. The molecule has 1 atom stereocenters. The molecule has 0 heterocycles. The summed E-state index contributed by atoms with van der Waals surface area (Å²) in [4.78, 5) is 0. The van der Waals surface area contributed by atoms with Gasteiger partial charge in [0, 0.05) is 0 Å². The second-order valence-corrected chi connectivity index (χ2v) is 3.78. The third-order valence-corrected chi connectivity index (χ3v) is 2.34. The molecule has 0 aliphatic rings. The largest absolute Gasteiger partial charge is 0.387 e. The second-order valence-electron chi connectivity index (χ2n) is 3.78. The maximum Gasteiger partial charge on any atom is 0.291 e. The average Bonchev–Trinajstić information content (AvgIpc) is 2.26. The number of hydrogen-bond acceptors (Lipinski definition) is 1. The molecule has 1 nitrogen and oxygen atoms in total. The summed E-state index contributed by atoms with van der Waals surface area (Å²) < 4.78 is 25.9. The first-order chi connectivity index (χ1) is 7.52. The van der Waals surface area contributed by atoms with Gasteiger partial charge in [-0.25, -0.2) is 0 Å². The van der Waals surface area contributed by atoms with E-state index in [-0.39, 0.29) is 0 Å². The third-order valence-electron chi connectivity index (χ3n) is 2.34. The number of halogens is 2. The molecule has 0 saturated carbocycles. The highest BCUT2D eigenvalue weighted by Crippen LogP contribution is 2.20. The highest BCUT2D eigenvalue weighted by atomic mass is 19.3. The summed E-state index contributed by atoms with van der Waals surface area (Å²) in [5, 5.41) is 8.80. The molecule has 3 heteroatoms. The van der Waals surface area contributed by atoms with Crippen molar-refractivity contribution >= 4 is 0 Å². The topological polar surface area (TPSA) is 20.2 Å². The minimum Gasteiger partial charge on any atom is -0.387 e. The fourth-order valence-electron chi connectivity index (χ4n) is 1.27. The molecule has 0 radical (unpaired) electrons. The number of benzene rings is 1. The maximum absolute atomic E-state index is 12.9. The van der Waals surface area contributed by atoms with Crippen LogP contribution in [0.3, 0.4) is 0 Å². The first kappa shape index (κ1) is 12.8. The van der Waals surface area contributed by atoms with Crippen LogP contribution in [0.5, 0.6) is 0 Å². The minimum absolute atomic E-state index is 0.548. The molecule has 1 N–H and O–H groups in total. The number of aliphatic hydroxyl groups excluding tert-OH is 1. The van der Waals surface area contributed by atoms with E-state index in [1.54, 1.807) is 0 Å². The summed E-state index contributed by atoms with van der Waals surface area (Å²) in [7, 11) is 0. The lowest BCUT2D eigenvalue weighted by atomic mass is 10.1. The fourth-order valence-corrected chi connectivity index (χ4v) is 1.27. The Kier molecular flexibility index (Phi) is 4.62. The van der Waals surface area contributed by atoms with Crippen LogP contribution in [0.1, 0.15) is 18.9 Å². The molecule has 1 aromatic rings. The lowest BCUT2D eigenvalue weighted by Crippen LogP contribution is -2.27. The standard InChI is InChI=1S/C13H16F2O/c1-11(16)13(14,15)10-6-5-9-12-7-3-2-4-8-12/h2-4,6-8,10-11,16H,5,9H2,1H3. The first-order valence-corrected chi connectivity index (χ1v) is 5.30. The zero-order valence-corrected chi connectivity index (χ0v) is 9.24. The molecule has 0 amide bonds. The van der Waals surface area contributed by atoms with Crippen molar-refractivity contribution in [3.63, 3.8) is 0 Å². The molecule has 0 spiro atoms. The van der Waals surface area contributed by atoms with Crippen molar-refractivity contribution in [1.29, 1.82) is 0 Å². The van der Waals surface area contributed by atoms with Gasteiger partial charge in [-0.3, -0.25) is 0 Å². The van der Waals surface area contributed by atoms with E-state index in [0.717, 1.165) is 25.0 Å². The summed E-state index contributed by atoms with van der Waals surface area (Å²) >= 11 is 0. The van der Waals surface area contributed by atoms with Crippen LogP contribution in [-0.4, -0.2) is 17.1 Å². The Balaban J connectivity index is 2.39. The van der Waals surface area contributed by atoms with Crippen LogP contribution in [0.25, 0.3) is 0 Å². The molecule has 88 valence electrons. The molecule has 0 bridgehead atoms. The Morgan fingerprint density at radius 2 is 1.94 bits per heavy atom. The number of aliphatic hydroxyl groups is 1. The quantitative estimate of drug-likeness (QED) is 0.764. The van der Waals surface area contributed by atoms with Crippen LogP contribution >= 0.6 is 0 Å². The van der Waals surface area contributed by atoms with Crippen LogP contribution < -0.4 is 0 Å². The van der Waals surface area contributed by atoms with Gasteiger partial charge in [-0.1, -0.05) is 36.4 Å². The SMILES string of the molecule is CC(O)C(F)(F)C=CCCc1ccccc1. The van der Waals surface area contributed by atoms with Crippen LogP contribution in [-0.2, 0) is 6.42 Å². The van der Waals surface area contributed by atoms with E-state index in [2.05, 4.69) is 0 Å². The Morgan fingerprint density at radius 1 is 1.31 bits per heavy atom. The number of alkyl halides is 2. The number of aryl methyl sites for hydroxylation is 1. The molecule has 1 unspecified atom stereocenters. The summed E-state index contributed by atoms with van der Waals surface area (Å²) in [5.41, 5.74) is 1.12. The second kappa shape index (κ2) is 5.75.